The monoisotopic (exact) mass is 178 g/mol. The van der Waals surface area contributed by atoms with E-state index in [1.165, 1.54) is 6.07 Å². The molecular weight excluding hydrogens is 167 g/mol. The molecule has 1 nitrogen and oxygen atoms in total. The SMILES string of the molecule is O=C1CCCc2cc(F)ccc2C1. The molecule has 1 aromatic carbocycles. The van der Waals surface area contributed by atoms with Gasteiger partial charge in [-0.3, -0.25) is 4.79 Å². The van der Waals surface area contributed by atoms with Crippen molar-refractivity contribution in [2.45, 2.75) is 25.7 Å². The van der Waals surface area contributed by atoms with Gasteiger partial charge in [0.25, 0.3) is 0 Å². The summed E-state index contributed by atoms with van der Waals surface area (Å²) in [5.74, 6) is 0.0680. The zero-order valence-corrected chi connectivity index (χ0v) is 7.35. The third kappa shape index (κ3) is 1.77. The van der Waals surface area contributed by atoms with E-state index in [2.05, 4.69) is 0 Å². The second kappa shape index (κ2) is 3.29. The largest absolute Gasteiger partial charge is 0.299 e. The number of benzene rings is 1. The number of Topliss-reactive ketones (excluding diaryl/α,β-unsaturated/α-hetero) is 1. The van der Waals surface area contributed by atoms with E-state index in [0.717, 1.165) is 24.0 Å². The van der Waals surface area contributed by atoms with Crippen molar-refractivity contribution in [3.63, 3.8) is 0 Å². The maximum atomic E-state index is 12.8. The van der Waals surface area contributed by atoms with Crippen molar-refractivity contribution in [3.8, 4) is 0 Å². The molecule has 0 atom stereocenters. The van der Waals surface area contributed by atoms with Gasteiger partial charge in [0.15, 0.2) is 0 Å². The van der Waals surface area contributed by atoms with Gasteiger partial charge in [-0.05, 0) is 36.1 Å². The van der Waals surface area contributed by atoms with Crippen LogP contribution in [-0.4, -0.2) is 5.78 Å². The molecule has 1 aliphatic carbocycles. The van der Waals surface area contributed by atoms with Gasteiger partial charge in [-0.1, -0.05) is 6.07 Å². The first-order valence-electron chi connectivity index (χ1n) is 4.55. The normalized spacial score (nSPS) is 16.5. The molecule has 0 radical (unpaired) electrons. The topological polar surface area (TPSA) is 17.1 Å². The molecule has 0 aromatic heterocycles. The van der Waals surface area contributed by atoms with Gasteiger partial charge in [-0.2, -0.15) is 0 Å². The van der Waals surface area contributed by atoms with Crippen LogP contribution in [0.25, 0.3) is 0 Å². The molecule has 1 aliphatic rings. The van der Waals surface area contributed by atoms with Crippen LogP contribution in [0.1, 0.15) is 24.0 Å². The minimum absolute atomic E-state index is 0.201. The second-order valence-corrected chi connectivity index (χ2v) is 3.48. The van der Waals surface area contributed by atoms with Gasteiger partial charge in [0, 0.05) is 12.8 Å². The van der Waals surface area contributed by atoms with Crippen LogP contribution in [0, 0.1) is 5.82 Å². The summed E-state index contributed by atoms with van der Waals surface area (Å²) in [6.45, 7) is 0. The second-order valence-electron chi connectivity index (χ2n) is 3.48. The summed E-state index contributed by atoms with van der Waals surface area (Å²) >= 11 is 0. The van der Waals surface area contributed by atoms with E-state index in [-0.39, 0.29) is 11.6 Å². The summed E-state index contributed by atoms with van der Waals surface area (Å²) in [5.41, 5.74) is 2.01. The Morgan fingerprint density at radius 3 is 2.85 bits per heavy atom. The summed E-state index contributed by atoms with van der Waals surface area (Å²) in [6.07, 6.45) is 2.81. The lowest BCUT2D eigenvalue weighted by atomic mass is 10.0. The number of fused-ring (bicyclic) bond motifs is 1. The van der Waals surface area contributed by atoms with Crippen LogP contribution in [-0.2, 0) is 17.6 Å². The van der Waals surface area contributed by atoms with Crippen LogP contribution in [0.4, 0.5) is 4.39 Å². The molecule has 0 bridgehead atoms. The van der Waals surface area contributed by atoms with E-state index in [1.807, 2.05) is 0 Å². The van der Waals surface area contributed by atoms with Gasteiger partial charge in [-0.25, -0.2) is 4.39 Å². The Morgan fingerprint density at radius 2 is 2.00 bits per heavy atom. The molecule has 0 heterocycles. The first-order chi connectivity index (χ1) is 6.25. The van der Waals surface area contributed by atoms with Crippen molar-refractivity contribution in [3.05, 3.63) is 35.1 Å². The summed E-state index contributed by atoms with van der Waals surface area (Å²) < 4.78 is 12.8. The van der Waals surface area contributed by atoms with Gasteiger partial charge in [-0.15, -0.1) is 0 Å². The van der Waals surface area contributed by atoms with Crippen LogP contribution in [0.3, 0.4) is 0 Å². The highest BCUT2D eigenvalue weighted by Crippen LogP contribution is 2.19. The fourth-order valence-corrected chi connectivity index (χ4v) is 1.78. The van der Waals surface area contributed by atoms with E-state index in [1.54, 1.807) is 12.1 Å². The minimum Gasteiger partial charge on any atom is -0.299 e. The number of aryl methyl sites for hydroxylation is 1. The van der Waals surface area contributed by atoms with E-state index < -0.39 is 0 Å². The van der Waals surface area contributed by atoms with Crippen molar-refractivity contribution in [2.75, 3.05) is 0 Å². The maximum absolute atomic E-state index is 12.8. The Hall–Kier alpha value is -1.18. The Bertz CT molecular complexity index is 344. The lowest BCUT2D eigenvalue weighted by Crippen LogP contribution is -1.99. The number of rotatable bonds is 0. The smallest absolute Gasteiger partial charge is 0.137 e. The molecular formula is C11H11FO. The standard InChI is InChI=1S/C11H11FO/c12-10-5-4-9-7-11(13)3-1-2-8(9)6-10/h4-6H,1-3,7H2. The fraction of sp³-hybridized carbons (Fsp3) is 0.364. The van der Waals surface area contributed by atoms with Crippen molar-refractivity contribution >= 4 is 5.78 Å². The highest BCUT2D eigenvalue weighted by atomic mass is 19.1. The summed E-state index contributed by atoms with van der Waals surface area (Å²) in [5, 5.41) is 0. The third-order valence-corrected chi connectivity index (χ3v) is 2.46. The fourth-order valence-electron chi connectivity index (χ4n) is 1.78. The lowest BCUT2D eigenvalue weighted by Gasteiger charge is -2.03. The first kappa shape index (κ1) is 8.42. The van der Waals surface area contributed by atoms with Crippen LogP contribution in [0.15, 0.2) is 18.2 Å². The maximum Gasteiger partial charge on any atom is 0.137 e. The summed E-state index contributed by atoms with van der Waals surface area (Å²) in [6, 6.07) is 4.71. The molecule has 13 heavy (non-hydrogen) atoms. The minimum atomic E-state index is -0.201. The zero-order chi connectivity index (χ0) is 9.26. The van der Waals surface area contributed by atoms with Crippen LogP contribution in [0.5, 0.6) is 0 Å². The van der Waals surface area contributed by atoms with Crippen molar-refractivity contribution in [2.24, 2.45) is 0 Å². The predicted octanol–water partition coefficient (Wildman–Crippen LogP) is 2.27. The van der Waals surface area contributed by atoms with Crippen LogP contribution >= 0.6 is 0 Å². The number of hydrogen-bond donors (Lipinski definition) is 0. The number of hydrogen-bond acceptors (Lipinski definition) is 1. The van der Waals surface area contributed by atoms with Crippen LogP contribution < -0.4 is 0 Å². The lowest BCUT2D eigenvalue weighted by molar-refractivity contribution is -0.118. The molecule has 0 saturated carbocycles. The van der Waals surface area contributed by atoms with E-state index in [9.17, 15) is 9.18 Å². The van der Waals surface area contributed by atoms with E-state index in [4.69, 9.17) is 0 Å². The molecule has 0 fully saturated rings. The Morgan fingerprint density at radius 1 is 1.15 bits per heavy atom. The predicted molar refractivity (Wildman–Crippen MR) is 48.0 cm³/mol. The molecule has 2 rings (SSSR count). The summed E-state index contributed by atoms with van der Waals surface area (Å²) in [7, 11) is 0. The molecule has 0 saturated heterocycles. The number of halogens is 1. The number of ketones is 1. The van der Waals surface area contributed by atoms with Gasteiger partial charge in [0.2, 0.25) is 0 Å². The van der Waals surface area contributed by atoms with Crippen molar-refractivity contribution in [1.82, 2.24) is 0 Å². The van der Waals surface area contributed by atoms with Gasteiger partial charge >= 0.3 is 0 Å². The Labute approximate surface area is 76.6 Å². The highest BCUT2D eigenvalue weighted by molar-refractivity contribution is 5.81. The van der Waals surface area contributed by atoms with Gasteiger partial charge in [0.05, 0.1) is 0 Å². The van der Waals surface area contributed by atoms with E-state index >= 15 is 0 Å². The molecule has 68 valence electrons. The molecule has 0 aliphatic heterocycles. The Balaban J connectivity index is 2.40. The average molecular weight is 178 g/mol. The quantitative estimate of drug-likeness (QED) is 0.557. The summed E-state index contributed by atoms with van der Waals surface area (Å²) in [4.78, 5) is 11.2. The average Bonchev–Trinajstić information content (AvgIpc) is 2.25. The third-order valence-electron chi connectivity index (χ3n) is 2.46. The molecule has 0 amide bonds. The van der Waals surface area contributed by atoms with Gasteiger partial charge < -0.3 is 0 Å². The molecule has 0 spiro atoms. The first-order valence-corrected chi connectivity index (χ1v) is 4.55. The van der Waals surface area contributed by atoms with Crippen LogP contribution in [0.2, 0.25) is 0 Å². The Kier molecular flexibility index (Phi) is 2.13. The number of carbonyl (C=O) groups is 1. The van der Waals surface area contributed by atoms with Gasteiger partial charge in [0.1, 0.15) is 11.6 Å². The van der Waals surface area contributed by atoms with Crippen molar-refractivity contribution in [1.29, 1.82) is 0 Å². The molecule has 0 N–H and O–H groups in total. The molecule has 1 aromatic rings. The van der Waals surface area contributed by atoms with E-state index in [0.29, 0.717) is 12.8 Å². The van der Waals surface area contributed by atoms with Crippen molar-refractivity contribution < 1.29 is 9.18 Å². The highest BCUT2D eigenvalue weighted by Gasteiger charge is 2.13. The molecule has 0 unspecified atom stereocenters. The zero-order valence-electron chi connectivity index (χ0n) is 7.35. The molecule has 2 heteroatoms. The number of carbonyl (C=O) groups excluding carboxylic acids is 1.